The summed E-state index contributed by atoms with van der Waals surface area (Å²) in [6.07, 6.45) is -7.00. The average Bonchev–Trinajstić information content (AvgIpc) is 1.54. The predicted molar refractivity (Wildman–Crippen MR) is 22.0 cm³/mol. The standard InChI is InChI=1S/3CH2O3.3FH.4Gd.3H2O/c3*2-1(3)4;;;;;;;;;;/h3*(H2,2,3,4);3*1H;;;;;3*1H2/q;;;;;;4*+3;;;/p-12. The van der Waals surface area contributed by atoms with Gasteiger partial charge < -0.3 is 75.6 Å². The molecular formula is C3H3F3Gd4O12. The topological polar surface area (TPSA) is 280 Å². The molecule has 0 heterocycles. The number of rotatable bonds is 0. The van der Waals surface area contributed by atoms with Crippen molar-refractivity contribution in [1.82, 2.24) is 0 Å². The molecule has 0 aromatic heterocycles. The minimum atomic E-state index is -2.33. The molecule has 0 bridgehead atoms. The normalized spacial score (nSPS) is 3.27. The summed E-state index contributed by atoms with van der Waals surface area (Å²) >= 11 is 0. The molecule has 0 amide bonds. The third-order valence-corrected chi connectivity index (χ3v) is 0. The van der Waals surface area contributed by atoms with E-state index in [0.29, 0.717) is 0 Å². The zero-order valence-corrected chi connectivity index (χ0v) is 18.1. The van der Waals surface area contributed by atoms with Crippen LogP contribution in [0.5, 0.6) is 0 Å². The fourth-order valence-corrected chi connectivity index (χ4v) is 0. The summed E-state index contributed by atoms with van der Waals surface area (Å²) in [5, 5.41) is 50.0. The van der Waals surface area contributed by atoms with Gasteiger partial charge >= 0.3 is 160 Å². The second-order valence-electron chi connectivity index (χ2n) is 0.750. The minimum Gasteiger partial charge on any atom is -1.00 e. The number of carbonyl (C=O) groups excluding carboxylic acids is 3. The maximum Gasteiger partial charge on any atom is 3.00 e. The SMILES string of the molecule is O=C([O-])[O-].O=C([O-])[O-].O=C([O-])[O-].[F-].[F-].[F-].[Gd+3].[Gd+3].[Gd+3].[Gd+3].[OH-].[OH-].[OH-]. The van der Waals surface area contributed by atoms with Crippen LogP contribution in [0.3, 0.4) is 0 Å². The molecule has 0 atom stereocenters. The van der Waals surface area contributed by atoms with Gasteiger partial charge in [0.2, 0.25) is 0 Å². The summed E-state index contributed by atoms with van der Waals surface area (Å²) in [5.74, 6) is 0. The van der Waals surface area contributed by atoms with Crippen molar-refractivity contribution in [2.75, 3.05) is 0 Å². The van der Waals surface area contributed by atoms with Gasteiger partial charge in [-0.25, -0.2) is 0 Å². The van der Waals surface area contributed by atoms with Gasteiger partial charge in [0.25, 0.3) is 0 Å². The molecule has 4 radical (unpaired) electrons. The first-order valence-electron chi connectivity index (χ1n) is 1.84. The maximum atomic E-state index is 8.33. The fraction of sp³-hybridized carbons (Fsp3) is 0. The number of hydrogen-bond donors (Lipinski definition) is 0. The van der Waals surface area contributed by atoms with E-state index < -0.39 is 18.5 Å². The van der Waals surface area contributed by atoms with E-state index in [2.05, 4.69) is 0 Å². The summed E-state index contributed by atoms with van der Waals surface area (Å²) in [6, 6.07) is 0. The molecule has 0 spiro atoms. The first-order chi connectivity index (χ1) is 5.20. The number of carbonyl (C=O) groups is 3. The van der Waals surface area contributed by atoms with Gasteiger partial charge in [0.1, 0.15) is 0 Å². The van der Waals surface area contributed by atoms with E-state index in [-0.39, 0.29) is 190 Å². The number of hydrogen-bond acceptors (Lipinski definition) is 12. The van der Waals surface area contributed by atoms with Crippen LogP contribution in [0, 0.1) is 160 Å². The van der Waals surface area contributed by atoms with Crippen molar-refractivity contribution in [3.8, 4) is 0 Å². The Morgan fingerprint density at radius 2 is 0.409 bits per heavy atom. The van der Waals surface area contributed by atoms with Gasteiger partial charge in [0, 0.05) is 0 Å². The Balaban J connectivity index is -0.00000000409. The summed E-state index contributed by atoms with van der Waals surface area (Å²) in [5.41, 5.74) is 0. The first kappa shape index (κ1) is 101. The zero-order chi connectivity index (χ0) is 10.7. The van der Waals surface area contributed by atoms with Crippen molar-refractivity contribution in [3.05, 3.63) is 0 Å². The van der Waals surface area contributed by atoms with Crippen LogP contribution in [0.2, 0.25) is 0 Å². The largest absolute Gasteiger partial charge is 3.00 e. The molecule has 0 saturated carbocycles. The van der Waals surface area contributed by atoms with E-state index in [1.54, 1.807) is 0 Å². The summed E-state index contributed by atoms with van der Waals surface area (Å²) in [7, 11) is 0. The van der Waals surface area contributed by atoms with Crippen LogP contribution in [-0.4, -0.2) is 34.9 Å². The van der Waals surface area contributed by atoms with Crippen LogP contribution in [0.4, 0.5) is 14.4 Å². The van der Waals surface area contributed by atoms with Crippen LogP contribution in [0.1, 0.15) is 0 Å². The van der Waals surface area contributed by atoms with E-state index in [1.165, 1.54) is 0 Å². The monoisotopic (exact) mass is 920 g/mol. The molecule has 3 N–H and O–H groups in total. The molecule has 0 aromatic carbocycles. The Labute approximate surface area is 248 Å². The minimum absolute atomic E-state index is 0. The maximum absolute atomic E-state index is 8.33. The smallest absolute Gasteiger partial charge is 1.00 e. The fourth-order valence-electron chi connectivity index (χ4n) is 0. The Bertz CT molecular complexity index is 135. The molecule has 0 aliphatic heterocycles. The summed E-state index contributed by atoms with van der Waals surface area (Å²) < 4.78 is 0. The van der Waals surface area contributed by atoms with Gasteiger partial charge in [-0.1, -0.05) is 0 Å². The van der Waals surface area contributed by atoms with Gasteiger partial charge in [-0.15, -0.1) is 0 Å². The summed E-state index contributed by atoms with van der Waals surface area (Å²) in [4.78, 5) is 25.0. The van der Waals surface area contributed by atoms with E-state index in [1.807, 2.05) is 0 Å². The van der Waals surface area contributed by atoms with Crippen molar-refractivity contribution >= 4 is 18.5 Å². The number of halogens is 3. The van der Waals surface area contributed by atoms with Gasteiger partial charge in [0.15, 0.2) is 0 Å². The molecule has 0 fully saturated rings. The Morgan fingerprint density at radius 1 is 0.409 bits per heavy atom. The van der Waals surface area contributed by atoms with Crippen LogP contribution in [0.15, 0.2) is 0 Å². The van der Waals surface area contributed by atoms with Crippen molar-refractivity contribution in [3.63, 3.8) is 0 Å². The third-order valence-electron chi connectivity index (χ3n) is 0. The first-order valence-corrected chi connectivity index (χ1v) is 1.84. The van der Waals surface area contributed by atoms with Crippen LogP contribution >= 0.6 is 0 Å². The van der Waals surface area contributed by atoms with Crippen molar-refractivity contribution in [1.29, 1.82) is 0 Å². The van der Waals surface area contributed by atoms with Gasteiger partial charge in [-0.3, -0.25) is 0 Å². The molecule has 12 nitrogen and oxygen atoms in total. The van der Waals surface area contributed by atoms with Gasteiger partial charge in [-0.2, -0.15) is 0 Å². The molecule has 0 aliphatic carbocycles. The molecule has 140 valence electrons. The van der Waals surface area contributed by atoms with Gasteiger partial charge in [0.05, 0.1) is 0 Å². The van der Waals surface area contributed by atoms with Crippen molar-refractivity contribution in [2.24, 2.45) is 0 Å². The number of carboxylic acid groups (broad SMARTS) is 6. The Hall–Kier alpha value is 2.78. The third kappa shape index (κ3) is 1400. The summed E-state index contributed by atoms with van der Waals surface area (Å²) in [6.45, 7) is 0. The van der Waals surface area contributed by atoms with Crippen LogP contribution in [0.25, 0.3) is 0 Å². The Morgan fingerprint density at radius 3 is 0.409 bits per heavy atom. The molecule has 0 saturated heterocycles. The average molecular weight is 917 g/mol. The molecule has 19 heteroatoms. The molecular weight excluding hydrogens is 914 g/mol. The van der Waals surface area contributed by atoms with Crippen molar-refractivity contribution in [2.45, 2.75) is 0 Å². The van der Waals surface area contributed by atoms with E-state index >= 15 is 0 Å². The molecule has 0 rings (SSSR count). The van der Waals surface area contributed by atoms with Crippen LogP contribution < -0.4 is 44.8 Å². The Kier molecular flexibility index (Phi) is 408. The van der Waals surface area contributed by atoms with E-state index in [4.69, 9.17) is 45.0 Å². The van der Waals surface area contributed by atoms with Gasteiger partial charge in [-0.05, 0) is 18.5 Å². The molecule has 0 aliphatic rings. The predicted octanol–water partition coefficient (Wildman–Crippen LogP) is -16.9. The molecule has 22 heavy (non-hydrogen) atoms. The molecule has 0 aromatic rings. The second kappa shape index (κ2) is 88.9. The van der Waals surface area contributed by atoms with Crippen LogP contribution in [-0.2, 0) is 0 Å². The van der Waals surface area contributed by atoms with E-state index in [9.17, 15) is 0 Å². The molecule has 0 unspecified atom stereocenters. The quantitative estimate of drug-likeness (QED) is 0.219. The zero-order valence-electron chi connectivity index (χ0n) is 9.06. The van der Waals surface area contributed by atoms with E-state index in [0.717, 1.165) is 0 Å². The van der Waals surface area contributed by atoms with Crippen molar-refractivity contribution < 1.29 is 235 Å². The second-order valence-corrected chi connectivity index (χ2v) is 0.750.